The first kappa shape index (κ1) is 10.8. The van der Waals surface area contributed by atoms with Crippen molar-refractivity contribution in [3.05, 3.63) is 41.6 Å². The summed E-state index contributed by atoms with van der Waals surface area (Å²) in [5.74, 6) is 0.936. The Balaban J connectivity index is 2.51. The molecule has 0 aliphatic rings. The molecule has 0 saturated heterocycles. The fraction of sp³-hybridized carbons (Fsp3) is 0.333. The van der Waals surface area contributed by atoms with Crippen LogP contribution in [-0.4, -0.2) is 21.1 Å². The lowest BCUT2D eigenvalue weighted by Gasteiger charge is -2.09. The van der Waals surface area contributed by atoms with Crippen LogP contribution in [0.25, 0.3) is 5.82 Å². The van der Waals surface area contributed by atoms with Crippen molar-refractivity contribution in [2.75, 3.05) is 6.54 Å². The van der Waals surface area contributed by atoms with Crippen molar-refractivity contribution in [3.63, 3.8) is 0 Å². The van der Waals surface area contributed by atoms with Crippen LogP contribution in [0.2, 0.25) is 0 Å². The minimum Gasteiger partial charge on any atom is -0.330 e. The molecule has 2 heterocycles. The molecule has 2 N–H and O–H groups in total. The number of rotatable bonds is 3. The molecule has 2 rings (SSSR count). The van der Waals surface area contributed by atoms with Gasteiger partial charge in [-0.05, 0) is 38.4 Å². The van der Waals surface area contributed by atoms with Crippen molar-refractivity contribution in [1.82, 2.24) is 14.5 Å². The highest BCUT2D eigenvalue weighted by Crippen LogP contribution is 2.15. The number of aryl methyl sites for hydroxylation is 1. The molecule has 0 amide bonds. The number of nitrogens with two attached hydrogens (primary N) is 1. The Bertz CT molecular complexity index is 488. The van der Waals surface area contributed by atoms with Crippen LogP contribution in [-0.2, 0) is 6.42 Å². The van der Waals surface area contributed by atoms with Crippen LogP contribution in [0.15, 0.2) is 24.7 Å². The predicted octanol–water partition coefficient (Wildman–Crippen LogP) is 1.39. The minimum absolute atomic E-state index is 0.630. The van der Waals surface area contributed by atoms with E-state index >= 15 is 0 Å². The molecule has 0 unspecified atom stereocenters. The van der Waals surface area contributed by atoms with Crippen LogP contribution in [0.4, 0.5) is 0 Å². The van der Waals surface area contributed by atoms with Gasteiger partial charge in [0.1, 0.15) is 12.1 Å². The summed E-state index contributed by atoms with van der Waals surface area (Å²) in [4.78, 5) is 8.69. The average Bonchev–Trinajstić information content (AvgIpc) is 2.61. The van der Waals surface area contributed by atoms with Crippen LogP contribution in [0.3, 0.4) is 0 Å². The highest BCUT2D eigenvalue weighted by molar-refractivity contribution is 5.36. The Kier molecular flexibility index (Phi) is 3.01. The summed E-state index contributed by atoms with van der Waals surface area (Å²) in [5.41, 5.74) is 8.91. The lowest BCUT2D eigenvalue weighted by Crippen LogP contribution is -2.08. The average molecular weight is 216 g/mol. The quantitative estimate of drug-likeness (QED) is 0.843. The Morgan fingerprint density at radius 3 is 2.75 bits per heavy atom. The summed E-state index contributed by atoms with van der Waals surface area (Å²) in [6.07, 6.45) is 4.44. The molecule has 16 heavy (non-hydrogen) atoms. The zero-order chi connectivity index (χ0) is 11.5. The first-order valence-electron chi connectivity index (χ1n) is 5.39. The fourth-order valence-electron chi connectivity index (χ4n) is 1.71. The lowest BCUT2D eigenvalue weighted by atomic mass is 10.2. The Morgan fingerprint density at radius 1 is 1.31 bits per heavy atom. The van der Waals surface area contributed by atoms with Gasteiger partial charge in [0.15, 0.2) is 0 Å². The molecule has 0 radical (unpaired) electrons. The van der Waals surface area contributed by atoms with Gasteiger partial charge in [-0.15, -0.1) is 0 Å². The molecule has 84 valence electrons. The van der Waals surface area contributed by atoms with E-state index in [0.29, 0.717) is 6.54 Å². The van der Waals surface area contributed by atoms with Crippen LogP contribution in [0.5, 0.6) is 0 Å². The maximum Gasteiger partial charge on any atom is 0.141 e. The third kappa shape index (κ3) is 1.84. The highest BCUT2D eigenvalue weighted by Gasteiger charge is 2.09. The van der Waals surface area contributed by atoms with E-state index in [1.807, 2.05) is 30.8 Å². The normalized spacial score (nSPS) is 10.7. The predicted molar refractivity (Wildman–Crippen MR) is 63.6 cm³/mol. The molecule has 0 fully saturated rings. The Morgan fingerprint density at radius 2 is 2.12 bits per heavy atom. The van der Waals surface area contributed by atoms with Crippen LogP contribution in [0.1, 0.15) is 17.0 Å². The van der Waals surface area contributed by atoms with E-state index in [4.69, 9.17) is 5.73 Å². The molecule has 2 aromatic rings. The van der Waals surface area contributed by atoms with Crippen LogP contribution >= 0.6 is 0 Å². The van der Waals surface area contributed by atoms with Gasteiger partial charge in [-0.3, -0.25) is 4.57 Å². The molecule has 0 saturated carbocycles. The van der Waals surface area contributed by atoms with E-state index in [-0.39, 0.29) is 0 Å². The smallest absolute Gasteiger partial charge is 0.141 e. The van der Waals surface area contributed by atoms with Crippen molar-refractivity contribution in [2.24, 2.45) is 5.73 Å². The maximum absolute atomic E-state index is 5.60. The molecule has 2 aromatic heterocycles. The Labute approximate surface area is 95.1 Å². The molecule has 0 aliphatic carbocycles. The molecular weight excluding hydrogens is 200 g/mol. The topological polar surface area (TPSA) is 56.7 Å². The van der Waals surface area contributed by atoms with Crippen molar-refractivity contribution < 1.29 is 0 Å². The summed E-state index contributed by atoms with van der Waals surface area (Å²) in [6, 6.07) is 4.00. The lowest BCUT2D eigenvalue weighted by molar-refractivity contribution is 0.886. The molecule has 0 aromatic carbocycles. The van der Waals surface area contributed by atoms with E-state index in [1.165, 1.54) is 0 Å². The molecular formula is C12H16N4. The summed E-state index contributed by atoms with van der Waals surface area (Å²) in [6.45, 7) is 4.67. The first-order valence-corrected chi connectivity index (χ1v) is 5.39. The molecule has 0 atom stereocenters. The van der Waals surface area contributed by atoms with E-state index < -0.39 is 0 Å². The maximum atomic E-state index is 5.60. The number of hydrogen-bond acceptors (Lipinski definition) is 3. The fourth-order valence-corrected chi connectivity index (χ4v) is 1.71. The largest absolute Gasteiger partial charge is 0.330 e. The standard InChI is InChI=1S/C12H16N4/c1-9-10(2)16(8-15-9)12-11(5-6-13)4-3-7-14-12/h3-4,7-8H,5-6,13H2,1-2H3. The van der Waals surface area contributed by atoms with Crippen molar-refractivity contribution in [3.8, 4) is 5.82 Å². The van der Waals surface area contributed by atoms with Crippen molar-refractivity contribution >= 4 is 0 Å². The van der Waals surface area contributed by atoms with Gasteiger partial charge < -0.3 is 5.73 Å². The van der Waals surface area contributed by atoms with Crippen molar-refractivity contribution in [2.45, 2.75) is 20.3 Å². The van der Waals surface area contributed by atoms with Gasteiger partial charge in [-0.2, -0.15) is 0 Å². The number of hydrogen-bond donors (Lipinski definition) is 1. The van der Waals surface area contributed by atoms with Gasteiger partial charge >= 0.3 is 0 Å². The zero-order valence-corrected chi connectivity index (χ0v) is 9.64. The van der Waals surface area contributed by atoms with E-state index in [9.17, 15) is 0 Å². The SMILES string of the molecule is Cc1ncn(-c2ncccc2CCN)c1C. The van der Waals surface area contributed by atoms with E-state index in [2.05, 4.69) is 16.0 Å². The third-order valence-electron chi connectivity index (χ3n) is 2.76. The number of aromatic nitrogens is 3. The molecule has 0 aliphatic heterocycles. The number of pyridine rings is 1. The molecule has 4 nitrogen and oxygen atoms in total. The minimum atomic E-state index is 0.630. The molecule has 4 heteroatoms. The van der Waals surface area contributed by atoms with Gasteiger partial charge in [0.2, 0.25) is 0 Å². The second-order valence-electron chi connectivity index (χ2n) is 3.81. The molecule has 0 spiro atoms. The van der Waals surface area contributed by atoms with E-state index in [0.717, 1.165) is 29.2 Å². The van der Waals surface area contributed by atoms with Gasteiger partial charge in [0.25, 0.3) is 0 Å². The van der Waals surface area contributed by atoms with E-state index in [1.54, 1.807) is 6.20 Å². The molecule has 0 bridgehead atoms. The highest BCUT2D eigenvalue weighted by atomic mass is 15.1. The zero-order valence-electron chi connectivity index (χ0n) is 9.64. The van der Waals surface area contributed by atoms with Crippen molar-refractivity contribution in [1.29, 1.82) is 0 Å². The second-order valence-corrected chi connectivity index (χ2v) is 3.81. The summed E-state index contributed by atoms with van der Waals surface area (Å²) in [5, 5.41) is 0. The second kappa shape index (κ2) is 4.45. The van der Waals surface area contributed by atoms with Gasteiger partial charge in [0, 0.05) is 11.9 Å². The summed E-state index contributed by atoms with van der Waals surface area (Å²) in [7, 11) is 0. The number of nitrogens with zero attached hydrogens (tertiary/aromatic N) is 3. The monoisotopic (exact) mass is 216 g/mol. The first-order chi connectivity index (χ1) is 7.74. The number of imidazole rings is 1. The summed E-state index contributed by atoms with van der Waals surface area (Å²) < 4.78 is 2.01. The Hall–Kier alpha value is -1.68. The van der Waals surface area contributed by atoms with Gasteiger partial charge in [-0.25, -0.2) is 9.97 Å². The van der Waals surface area contributed by atoms with Gasteiger partial charge in [0.05, 0.1) is 5.69 Å². The van der Waals surface area contributed by atoms with Crippen LogP contribution in [0, 0.1) is 13.8 Å². The summed E-state index contributed by atoms with van der Waals surface area (Å²) >= 11 is 0. The third-order valence-corrected chi connectivity index (χ3v) is 2.76. The van der Waals surface area contributed by atoms with Crippen LogP contribution < -0.4 is 5.73 Å². The van der Waals surface area contributed by atoms with Gasteiger partial charge in [-0.1, -0.05) is 6.07 Å².